The van der Waals surface area contributed by atoms with E-state index >= 15 is 0 Å². The molecule has 5 heteroatoms. The average Bonchev–Trinajstić information content (AvgIpc) is 2.45. The summed E-state index contributed by atoms with van der Waals surface area (Å²) in [7, 11) is -3.06. The van der Waals surface area contributed by atoms with Crippen molar-refractivity contribution in [3.63, 3.8) is 0 Å². The molecule has 0 saturated heterocycles. The van der Waals surface area contributed by atoms with Crippen molar-refractivity contribution in [2.75, 3.05) is 26.4 Å². The first kappa shape index (κ1) is 25.1. The van der Waals surface area contributed by atoms with Crippen LogP contribution in [0.1, 0.15) is 81.1 Å². The summed E-state index contributed by atoms with van der Waals surface area (Å²) in [4.78, 5) is 0. The molecule has 0 saturated carbocycles. The van der Waals surface area contributed by atoms with E-state index in [0.29, 0.717) is 50.1 Å². The molecule has 0 spiro atoms. The van der Waals surface area contributed by atoms with E-state index in [-0.39, 0.29) is 0 Å². The molecule has 0 aliphatic heterocycles. The predicted molar refractivity (Wildman–Crippen MR) is 107 cm³/mol. The molecule has 0 bridgehead atoms. The third-order valence-corrected chi connectivity index (χ3v) is 6.13. The highest BCUT2D eigenvalue weighted by Crippen LogP contribution is 2.18. The molecule has 0 aromatic carbocycles. The van der Waals surface area contributed by atoms with Crippen LogP contribution in [-0.2, 0) is 17.7 Å². The monoisotopic (exact) mass is 376 g/mol. The van der Waals surface area contributed by atoms with Gasteiger partial charge in [0.15, 0.2) is 0 Å². The van der Waals surface area contributed by atoms with Crippen LogP contribution in [0.15, 0.2) is 0 Å². The Bertz CT molecular complexity index is 245. The van der Waals surface area contributed by atoms with Crippen LogP contribution in [-0.4, -0.2) is 35.5 Å². The zero-order chi connectivity index (χ0) is 19.3. The maximum atomic E-state index is 6.16. The first-order chi connectivity index (χ1) is 11.7. The molecule has 0 radical (unpaired) electrons. The van der Waals surface area contributed by atoms with E-state index in [2.05, 4.69) is 55.4 Å². The van der Waals surface area contributed by atoms with Gasteiger partial charge in [0.05, 0.1) is 0 Å². The van der Waals surface area contributed by atoms with Crippen LogP contribution < -0.4 is 0 Å². The van der Waals surface area contributed by atoms with Gasteiger partial charge in [-0.1, -0.05) is 55.4 Å². The summed E-state index contributed by atoms with van der Waals surface area (Å²) in [5.74, 6) is 2.37. The molecule has 25 heavy (non-hydrogen) atoms. The summed E-state index contributed by atoms with van der Waals surface area (Å²) in [6, 6.07) is 0. The zero-order valence-electron chi connectivity index (χ0n) is 18.1. The van der Waals surface area contributed by atoms with E-state index in [0.717, 1.165) is 25.7 Å². The van der Waals surface area contributed by atoms with Crippen molar-refractivity contribution < 1.29 is 17.7 Å². The van der Waals surface area contributed by atoms with E-state index in [1.807, 2.05) is 0 Å². The van der Waals surface area contributed by atoms with E-state index in [9.17, 15) is 0 Å². The number of hydrogen-bond acceptors (Lipinski definition) is 4. The smallest absolute Gasteiger partial charge is 0.351 e. The number of hydrogen-bond donors (Lipinski definition) is 0. The van der Waals surface area contributed by atoms with Crippen molar-refractivity contribution in [1.82, 2.24) is 0 Å². The summed E-state index contributed by atoms with van der Waals surface area (Å²) < 4.78 is 24.6. The Kier molecular flexibility index (Phi) is 14.2. The molecule has 0 heterocycles. The highest BCUT2D eigenvalue weighted by atomic mass is 28.4. The van der Waals surface area contributed by atoms with Crippen molar-refractivity contribution in [3.8, 4) is 0 Å². The first-order valence-electron chi connectivity index (χ1n) is 10.2. The highest BCUT2D eigenvalue weighted by molar-refractivity contribution is 6.53. The van der Waals surface area contributed by atoms with Gasteiger partial charge in [-0.05, 0) is 49.4 Å². The Morgan fingerprint density at radius 2 is 0.640 bits per heavy atom. The van der Waals surface area contributed by atoms with Gasteiger partial charge in [-0.25, -0.2) is 0 Å². The van der Waals surface area contributed by atoms with Gasteiger partial charge < -0.3 is 17.7 Å². The molecule has 152 valence electrons. The molecule has 0 aromatic heterocycles. The largest absolute Gasteiger partial charge is 0.679 e. The second-order valence-corrected chi connectivity index (χ2v) is 10.8. The minimum Gasteiger partial charge on any atom is -0.351 e. The fourth-order valence-electron chi connectivity index (χ4n) is 1.93. The van der Waals surface area contributed by atoms with Crippen molar-refractivity contribution in [3.05, 3.63) is 0 Å². The van der Waals surface area contributed by atoms with Gasteiger partial charge in [-0.3, -0.25) is 0 Å². The molecule has 4 nitrogen and oxygen atoms in total. The van der Waals surface area contributed by atoms with E-state index < -0.39 is 9.05 Å². The van der Waals surface area contributed by atoms with Gasteiger partial charge in [0.1, 0.15) is 0 Å². The van der Waals surface area contributed by atoms with E-state index in [4.69, 9.17) is 17.7 Å². The molecule has 0 N–H and O–H groups in total. The molecular weight excluding hydrogens is 332 g/mol. The minimum atomic E-state index is -3.06. The lowest BCUT2D eigenvalue weighted by molar-refractivity contribution is -0.0410. The Morgan fingerprint density at radius 1 is 0.440 bits per heavy atom. The third-order valence-electron chi connectivity index (χ3n) is 3.90. The second-order valence-electron chi connectivity index (χ2n) is 8.62. The lowest BCUT2D eigenvalue weighted by Gasteiger charge is -2.29. The van der Waals surface area contributed by atoms with Crippen molar-refractivity contribution in [1.29, 1.82) is 0 Å². The minimum absolute atomic E-state index is 0.591. The van der Waals surface area contributed by atoms with E-state index in [1.165, 1.54) is 0 Å². The van der Waals surface area contributed by atoms with Gasteiger partial charge in [0.25, 0.3) is 0 Å². The maximum absolute atomic E-state index is 6.16. The standard InChI is InChI=1S/C20H44O4Si/c1-17(2)9-13-21-25(22-14-10-18(3)4,23-15-11-19(5)6)24-16-12-20(7)8/h17-20H,9-16H2,1-8H3. The summed E-state index contributed by atoms with van der Waals surface area (Å²) in [5, 5.41) is 0. The predicted octanol–water partition coefficient (Wildman–Crippen LogP) is 5.67. The first-order valence-corrected chi connectivity index (χ1v) is 11.9. The maximum Gasteiger partial charge on any atom is 0.679 e. The molecule has 0 fully saturated rings. The van der Waals surface area contributed by atoms with Crippen LogP contribution in [0.2, 0.25) is 0 Å². The fourth-order valence-corrected chi connectivity index (χ4v) is 3.90. The lowest BCUT2D eigenvalue weighted by atomic mass is 10.1. The second kappa shape index (κ2) is 14.2. The van der Waals surface area contributed by atoms with Gasteiger partial charge in [-0.15, -0.1) is 0 Å². The van der Waals surface area contributed by atoms with Gasteiger partial charge in [-0.2, -0.15) is 0 Å². The van der Waals surface area contributed by atoms with Crippen molar-refractivity contribution in [2.24, 2.45) is 23.7 Å². The van der Waals surface area contributed by atoms with Gasteiger partial charge in [0.2, 0.25) is 0 Å². The quantitative estimate of drug-likeness (QED) is 0.325. The molecule has 0 rings (SSSR count). The molecular formula is C20H44O4Si. The third kappa shape index (κ3) is 14.9. The van der Waals surface area contributed by atoms with Crippen molar-refractivity contribution >= 4 is 9.05 Å². The summed E-state index contributed by atoms with van der Waals surface area (Å²) in [5.41, 5.74) is 0. The van der Waals surface area contributed by atoms with Crippen LogP contribution >= 0.6 is 0 Å². The Balaban J connectivity index is 4.85. The summed E-state index contributed by atoms with van der Waals surface area (Å²) in [6.45, 7) is 20.1. The Hall–Kier alpha value is 0.0569. The zero-order valence-corrected chi connectivity index (χ0v) is 19.1. The molecule has 0 amide bonds. The SMILES string of the molecule is CC(C)CCO[Si](OCCC(C)C)(OCCC(C)C)OCCC(C)C. The van der Waals surface area contributed by atoms with E-state index in [1.54, 1.807) is 0 Å². The topological polar surface area (TPSA) is 36.9 Å². The van der Waals surface area contributed by atoms with Gasteiger partial charge >= 0.3 is 9.05 Å². The van der Waals surface area contributed by atoms with Gasteiger partial charge in [0, 0.05) is 26.4 Å². The number of rotatable bonds is 16. The Morgan fingerprint density at radius 3 is 0.800 bits per heavy atom. The molecule has 0 aromatic rings. The van der Waals surface area contributed by atoms with Crippen LogP contribution in [0.3, 0.4) is 0 Å². The molecule has 0 atom stereocenters. The summed E-state index contributed by atoms with van der Waals surface area (Å²) in [6.07, 6.45) is 3.96. The fraction of sp³-hybridized carbons (Fsp3) is 1.00. The van der Waals surface area contributed by atoms with Crippen LogP contribution in [0.5, 0.6) is 0 Å². The van der Waals surface area contributed by atoms with Crippen LogP contribution in [0, 0.1) is 23.7 Å². The highest BCUT2D eigenvalue weighted by Gasteiger charge is 2.45. The average molecular weight is 377 g/mol. The molecule has 0 unspecified atom stereocenters. The van der Waals surface area contributed by atoms with Crippen molar-refractivity contribution in [2.45, 2.75) is 81.1 Å². The Labute approximate surface area is 158 Å². The van der Waals surface area contributed by atoms with Crippen LogP contribution in [0.25, 0.3) is 0 Å². The molecule has 0 aliphatic rings. The normalized spacial score (nSPS) is 13.0. The lowest BCUT2D eigenvalue weighted by Crippen LogP contribution is -2.50. The summed E-state index contributed by atoms with van der Waals surface area (Å²) >= 11 is 0. The van der Waals surface area contributed by atoms with Crippen LogP contribution in [0.4, 0.5) is 0 Å². The molecule has 0 aliphatic carbocycles.